The molecule has 0 spiro atoms. The molecule has 0 fully saturated rings. The van der Waals surface area contributed by atoms with Crippen LogP contribution < -0.4 is 15.4 Å². The van der Waals surface area contributed by atoms with Gasteiger partial charge in [0, 0.05) is 34.0 Å². The van der Waals surface area contributed by atoms with Gasteiger partial charge in [-0.25, -0.2) is 0 Å². The molecule has 2 N–H and O–H groups in total. The van der Waals surface area contributed by atoms with E-state index in [1.165, 1.54) is 0 Å². The van der Waals surface area contributed by atoms with Crippen molar-refractivity contribution in [2.45, 2.75) is 6.92 Å². The van der Waals surface area contributed by atoms with Crippen LogP contribution in [0.3, 0.4) is 0 Å². The molecule has 2 aromatic carbocycles. The van der Waals surface area contributed by atoms with Gasteiger partial charge in [-0.3, -0.25) is 4.79 Å². The average molecular weight is 412 g/mol. The lowest BCUT2D eigenvalue weighted by molar-refractivity contribution is -0.116. The zero-order chi connectivity index (χ0) is 19.1. The van der Waals surface area contributed by atoms with E-state index in [1.54, 1.807) is 48.4 Å². The number of nitrogens with one attached hydrogen (secondary N) is 2. The van der Waals surface area contributed by atoms with Crippen molar-refractivity contribution in [3.05, 3.63) is 52.5 Å². The summed E-state index contributed by atoms with van der Waals surface area (Å²) in [7, 11) is 1.58. The van der Waals surface area contributed by atoms with E-state index in [0.717, 1.165) is 0 Å². The lowest BCUT2D eigenvalue weighted by Gasteiger charge is -2.24. The molecule has 0 saturated heterocycles. The highest BCUT2D eigenvalue weighted by Gasteiger charge is 2.13. The number of halogens is 2. The van der Waals surface area contributed by atoms with Crippen LogP contribution in [0, 0.1) is 0 Å². The molecular weight excluding hydrogens is 393 g/mol. The summed E-state index contributed by atoms with van der Waals surface area (Å²) in [5.74, 6) is 0.485. The first kappa shape index (κ1) is 20.3. The van der Waals surface area contributed by atoms with E-state index in [2.05, 4.69) is 10.6 Å². The molecule has 0 bridgehead atoms. The molecule has 0 aliphatic carbocycles. The predicted molar refractivity (Wildman–Crippen MR) is 112 cm³/mol. The Morgan fingerprint density at radius 2 is 1.81 bits per heavy atom. The molecule has 2 aromatic rings. The topological polar surface area (TPSA) is 53.6 Å². The minimum atomic E-state index is -0.187. The maximum Gasteiger partial charge on any atom is 0.243 e. The molecule has 0 saturated carbocycles. The zero-order valence-corrected chi connectivity index (χ0v) is 16.7. The van der Waals surface area contributed by atoms with Gasteiger partial charge in [0.05, 0.1) is 13.7 Å². The van der Waals surface area contributed by atoms with E-state index in [4.69, 9.17) is 40.2 Å². The minimum absolute atomic E-state index is 0.105. The van der Waals surface area contributed by atoms with Crippen LogP contribution >= 0.6 is 35.4 Å². The molecule has 0 heterocycles. The van der Waals surface area contributed by atoms with Gasteiger partial charge in [-0.15, -0.1) is 0 Å². The molecule has 1 amide bonds. The fourth-order valence-electron chi connectivity index (χ4n) is 2.23. The molecule has 0 aliphatic rings. The van der Waals surface area contributed by atoms with Crippen molar-refractivity contribution in [1.29, 1.82) is 0 Å². The SMILES string of the molecule is CCN(CC(=O)Nc1cccc(OC)c1)C(=S)Nc1cc(Cl)cc(Cl)c1. The van der Waals surface area contributed by atoms with Gasteiger partial charge in [0.1, 0.15) is 5.75 Å². The molecule has 0 aliphatic heterocycles. The van der Waals surface area contributed by atoms with Crippen LogP contribution in [-0.4, -0.2) is 36.1 Å². The Hall–Kier alpha value is -2.02. The van der Waals surface area contributed by atoms with Crippen molar-refractivity contribution >= 4 is 57.8 Å². The summed E-state index contributed by atoms with van der Waals surface area (Å²) in [6.45, 7) is 2.58. The maximum absolute atomic E-state index is 12.3. The number of methoxy groups -OCH3 is 1. The first-order valence-corrected chi connectivity index (χ1v) is 9.03. The lowest BCUT2D eigenvalue weighted by atomic mass is 10.3. The Balaban J connectivity index is 1.98. The van der Waals surface area contributed by atoms with Crippen LogP contribution in [0.5, 0.6) is 5.75 Å². The number of rotatable bonds is 6. The van der Waals surface area contributed by atoms with E-state index in [-0.39, 0.29) is 12.5 Å². The van der Waals surface area contributed by atoms with Crippen LogP contribution in [-0.2, 0) is 4.79 Å². The highest BCUT2D eigenvalue weighted by molar-refractivity contribution is 7.80. The van der Waals surface area contributed by atoms with Gasteiger partial charge in [0.15, 0.2) is 5.11 Å². The number of thiocarbonyl (C=S) groups is 1. The second-order valence-corrected chi connectivity index (χ2v) is 6.64. The van der Waals surface area contributed by atoms with Crippen molar-refractivity contribution in [3.8, 4) is 5.75 Å². The van der Waals surface area contributed by atoms with Crippen LogP contribution in [0.4, 0.5) is 11.4 Å². The van der Waals surface area contributed by atoms with Gasteiger partial charge >= 0.3 is 0 Å². The summed E-state index contributed by atoms with van der Waals surface area (Å²) in [4.78, 5) is 14.1. The summed E-state index contributed by atoms with van der Waals surface area (Å²) in [6.07, 6.45) is 0. The first-order chi connectivity index (χ1) is 12.4. The van der Waals surface area contributed by atoms with Gasteiger partial charge in [0.2, 0.25) is 5.91 Å². The number of carbonyl (C=O) groups excluding carboxylic acids is 1. The molecule has 0 unspecified atom stereocenters. The Kier molecular flexibility index (Phi) is 7.50. The summed E-state index contributed by atoms with van der Waals surface area (Å²) in [5.41, 5.74) is 1.32. The van der Waals surface area contributed by atoms with Crippen molar-refractivity contribution in [2.75, 3.05) is 30.8 Å². The third-order valence-electron chi connectivity index (χ3n) is 3.47. The van der Waals surface area contributed by atoms with E-state index in [0.29, 0.717) is 38.8 Å². The van der Waals surface area contributed by atoms with Crippen molar-refractivity contribution < 1.29 is 9.53 Å². The fourth-order valence-corrected chi connectivity index (χ4v) is 3.07. The normalized spacial score (nSPS) is 10.2. The van der Waals surface area contributed by atoms with E-state index < -0.39 is 0 Å². The highest BCUT2D eigenvalue weighted by Crippen LogP contribution is 2.22. The Labute approximate surface area is 168 Å². The molecular formula is C18H19Cl2N3O2S. The van der Waals surface area contributed by atoms with Crippen molar-refractivity contribution in [3.63, 3.8) is 0 Å². The second-order valence-electron chi connectivity index (χ2n) is 5.38. The number of benzene rings is 2. The van der Waals surface area contributed by atoms with E-state index in [1.807, 2.05) is 13.0 Å². The zero-order valence-electron chi connectivity index (χ0n) is 14.4. The van der Waals surface area contributed by atoms with Gasteiger partial charge < -0.3 is 20.3 Å². The molecule has 0 aromatic heterocycles. The summed E-state index contributed by atoms with van der Waals surface area (Å²) < 4.78 is 5.15. The lowest BCUT2D eigenvalue weighted by Crippen LogP contribution is -2.40. The monoisotopic (exact) mass is 411 g/mol. The van der Waals surface area contributed by atoms with E-state index >= 15 is 0 Å². The first-order valence-electron chi connectivity index (χ1n) is 7.87. The quantitative estimate of drug-likeness (QED) is 0.676. The van der Waals surface area contributed by atoms with Crippen LogP contribution in [0.1, 0.15) is 6.92 Å². The van der Waals surface area contributed by atoms with E-state index in [9.17, 15) is 4.79 Å². The van der Waals surface area contributed by atoms with Gasteiger partial charge in [-0.05, 0) is 49.5 Å². The number of carbonyl (C=O) groups is 1. The number of amides is 1. The number of hydrogen-bond donors (Lipinski definition) is 2. The minimum Gasteiger partial charge on any atom is -0.497 e. The molecule has 0 radical (unpaired) electrons. The Morgan fingerprint density at radius 1 is 1.12 bits per heavy atom. The standard InChI is InChI=1S/C18H19Cl2N3O2S/c1-3-23(18(26)22-15-8-12(19)7-13(20)9-15)11-17(24)21-14-5-4-6-16(10-14)25-2/h4-10H,3,11H2,1-2H3,(H,21,24)(H,22,26). The third kappa shape index (κ3) is 6.05. The molecule has 8 heteroatoms. The van der Waals surface area contributed by atoms with Crippen molar-refractivity contribution in [2.24, 2.45) is 0 Å². The fraction of sp³-hybridized carbons (Fsp3) is 0.222. The number of hydrogen-bond acceptors (Lipinski definition) is 3. The second kappa shape index (κ2) is 9.62. The number of anilines is 2. The predicted octanol–water partition coefficient (Wildman–Crippen LogP) is 4.66. The smallest absolute Gasteiger partial charge is 0.243 e. The van der Waals surface area contributed by atoms with Crippen LogP contribution in [0.2, 0.25) is 10.0 Å². The average Bonchev–Trinajstić information content (AvgIpc) is 2.58. The Morgan fingerprint density at radius 3 is 2.42 bits per heavy atom. The van der Waals surface area contributed by atoms with Crippen molar-refractivity contribution in [1.82, 2.24) is 4.90 Å². The molecule has 138 valence electrons. The summed E-state index contributed by atoms with van der Waals surface area (Å²) in [5, 5.41) is 7.29. The van der Waals surface area contributed by atoms with Crippen LogP contribution in [0.25, 0.3) is 0 Å². The summed E-state index contributed by atoms with van der Waals surface area (Å²) >= 11 is 17.4. The summed E-state index contributed by atoms with van der Waals surface area (Å²) in [6, 6.07) is 12.2. The number of nitrogens with zero attached hydrogens (tertiary/aromatic N) is 1. The molecule has 5 nitrogen and oxygen atoms in total. The third-order valence-corrected chi connectivity index (χ3v) is 4.27. The number of likely N-dealkylation sites (N-methyl/N-ethyl adjacent to an activating group) is 1. The molecule has 2 rings (SSSR count). The molecule has 26 heavy (non-hydrogen) atoms. The highest BCUT2D eigenvalue weighted by atomic mass is 35.5. The van der Waals surface area contributed by atoms with Gasteiger partial charge in [-0.1, -0.05) is 29.3 Å². The Bertz CT molecular complexity index is 782. The van der Waals surface area contributed by atoms with Gasteiger partial charge in [0.25, 0.3) is 0 Å². The molecule has 0 atom stereocenters. The maximum atomic E-state index is 12.3. The largest absolute Gasteiger partial charge is 0.497 e. The number of ether oxygens (including phenoxy) is 1. The van der Waals surface area contributed by atoms with Gasteiger partial charge in [-0.2, -0.15) is 0 Å². The van der Waals surface area contributed by atoms with Crippen LogP contribution in [0.15, 0.2) is 42.5 Å².